The van der Waals surface area contributed by atoms with Gasteiger partial charge in [-0.05, 0) is 116 Å². The number of rotatable bonds is 79. The number of esters is 2. The molecule has 0 spiro atoms. The summed E-state index contributed by atoms with van der Waals surface area (Å²) < 4.78 is 23.1. The number of hydrogen-bond acceptors (Lipinski definition) is 7. The summed E-state index contributed by atoms with van der Waals surface area (Å²) >= 11 is 0. The molecular formula is C94H162NO8+. The number of ether oxygens (including phenoxy) is 4. The van der Waals surface area contributed by atoms with Crippen molar-refractivity contribution in [2.75, 3.05) is 47.5 Å². The van der Waals surface area contributed by atoms with E-state index in [0.717, 1.165) is 116 Å². The first-order valence-electron chi connectivity index (χ1n) is 43.0. The van der Waals surface area contributed by atoms with Crippen molar-refractivity contribution in [3.05, 3.63) is 146 Å². The number of likely N-dealkylation sites (N-methyl/N-ethyl adjacent to an activating group) is 1. The van der Waals surface area contributed by atoms with Crippen LogP contribution in [-0.2, 0) is 33.3 Å². The number of quaternary nitrogens is 1. The van der Waals surface area contributed by atoms with E-state index in [-0.39, 0.29) is 38.2 Å². The first kappa shape index (κ1) is 98.2. The fourth-order valence-corrected chi connectivity index (χ4v) is 12.1. The molecule has 0 fully saturated rings. The third kappa shape index (κ3) is 84.3. The fourth-order valence-electron chi connectivity index (χ4n) is 12.1. The molecule has 0 amide bonds. The number of hydrogen-bond donors (Lipinski definition) is 1. The number of carboxylic acid groups (broad SMARTS) is 1. The second-order valence-electron chi connectivity index (χ2n) is 29.7. The van der Waals surface area contributed by atoms with Gasteiger partial charge in [-0.3, -0.25) is 9.59 Å². The van der Waals surface area contributed by atoms with Crippen LogP contribution in [-0.4, -0.2) is 87.4 Å². The molecule has 0 aliphatic carbocycles. The summed E-state index contributed by atoms with van der Waals surface area (Å²) in [5.74, 6) is -1.99. The molecule has 0 aromatic carbocycles. The molecule has 103 heavy (non-hydrogen) atoms. The van der Waals surface area contributed by atoms with Gasteiger partial charge in [0.05, 0.1) is 34.4 Å². The maximum atomic E-state index is 13.0. The predicted molar refractivity (Wildman–Crippen MR) is 447 cm³/mol. The average Bonchev–Trinajstić information content (AvgIpc) is 1.06. The van der Waals surface area contributed by atoms with Gasteiger partial charge in [-0.2, -0.15) is 0 Å². The van der Waals surface area contributed by atoms with Gasteiger partial charge in [0.15, 0.2) is 6.10 Å². The second-order valence-corrected chi connectivity index (χ2v) is 29.7. The third-order valence-electron chi connectivity index (χ3n) is 18.6. The molecule has 590 valence electrons. The van der Waals surface area contributed by atoms with Gasteiger partial charge in [0.2, 0.25) is 0 Å². The topological polar surface area (TPSA) is 108 Å². The summed E-state index contributed by atoms with van der Waals surface area (Å²) in [6.07, 6.45) is 119. The molecule has 0 bridgehead atoms. The van der Waals surface area contributed by atoms with Crippen LogP contribution in [0.25, 0.3) is 0 Å². The zero-order chi connectivity index (χ0) is 74.6. The van der Waals surface area contributed by atoms with Crippen molar-refractivity contribution in [1.29, 1.82) is 0 Å². The van der Waals surface area contributed by atoms with Gasteiger partial charge in [0, 0.05) is 12.8 Å². The lowest BCUT2D eigenvalue weighted by Gasteiger charge is -2.25. The highest BCUT2D eigenvalue weighted by atomic mass is 16.7. The van der Waals surface area contributed by atoms with Gasteiger partial charge in [0.25, 0.3) is 6.29 Å². The van der Waals surface area contributed by atoms with E-state index in [1.807, 2.05) is 21.1 Å². The van der Waals surface area contributed by atoms with E-state index in [9.17, 15) is 19.5 Å². The summed E-state index contributed by atoms with van der Waals surface area (Å²) in [5, 5.41) is 9.79. The summed E-state index contributed by atoms with van der Waals surface area (Å²) in [4.78, 5) is 37.8. The Labute approximate surface area is 636 Å². The molecule has 2 atom stereocenters. The molecule has 0 aromatic rings. The SMILES string of the molecule is CC/C=C\C/C=C\C/C=C\C/C=C\C/C=C\C/C=C\CCCCCCCCCCCCCCCCCCCCCCC(=O)OCC(COC(OCC[N+](C)(C)C)C(=O)O)OC(=O)CCCCCCCCCCCCCCCCCCCCCC/C=C\C/C=C\C/C=C\C/C=C\C/C=C\C/C=C\CC. The number of carboxylic acids is 1. The van der Waals surface area contributed by atoms with Crippen molar-refractivity contribution in [1.82, 2.24) is 0 Å². The monoisotopic (exact) mass is 1430 g/mol. The number of allylic oxidation sites excluding steroid dienone is 24. The van der Waals surface area contributed by atoms with Crippen LogP contribution in [0.4, 0.5) is 0 Å². The second kappa shape index (κ2) is 82.8. The molecule has 0 aromatic heterocycles. The molecule has 0 heterocycles. The molecule has 0 aliphatic rings. The molecule has 0 saturated heterocycles. The Hall–Kier alpha value is -4.83. The van der Waals surface area contributed by atoms with Gasteiger partial charge >= 0.3 is 17.9 Å². The van der Waals surface area contributed by atoms with Crippen molar-refractivity contribution < 1.29 is 42.9 Å². The highest BCUT2D eigenvalue weighted by Gasteiger charge is 2.25. The zero-order valence-corrected chi connectivity index (χ0v) is 67.7. The Morgan fingerprint density at radius 1 is 0.291 bits per heavy atom. The normalized spacial score (nSPS) is 13.4. The Bertz CT molecular complexity index is 2220. The van der Waals surface area contributed by atoms with Crippen molar-refractivity contribution in [3.8, 4) is 0 Å². The van der Waals surface area contributed by atoms with Crippen LogP contribution in [0.5, 0.6) is 0 Å². The molecule has 0 rings (SSSR count). The summed E-state index contributed by atoms with van der Waals surface area (Å²) in [5.41, 5.74) is 0. The average molecular weight is 1430 g/mol. The molecule has 0 radical (unpaired) electrons. The van der Waals surface area contributed by atoms with Crippen LogP contribution in [0.15, 0.2) is 146 Å². The van der Waals surface area contributed by atoms with Crippen LogP contribution < -0.4 is 0 Å². The lowest BCUT2D eigenvalue weighted by atomic mass is 10.0. The Kier molecular flexibility index (Phi) is 78.9. The lowest BCUT2D eigenvalue weighted by Crippen LogP contribution is -2.40. The minimum Gasteiger partial charge on any atom is -0.477 e. The molecule has 2 unspecified atom stereocenters. The third-order valence-corrected chi connectivity index (χ3v) is 18.6. The number of aliphatic carboxylic acids is 1. The van der Waals surface area contributed by atoms with E-state index in [1.54, 1.807) is 0 Å². The quantitative estimate of drug-likeness (QED) is 0.0211. The maximum Gasteiger partial charge on any atom is 0.361 e. The lowest BCUT2D eigenvalue weighted by molar-refractivity contribution is -0.870. The van der Waals surface area contributed by atoms with Crippen molar-refractivity contribution in [3.63, 3.8) is 0 Å². The van der Waals surface area contributed by atoms with Gasteiger partial charge in [0.1, 0.15) is 13.2 Å². The molecular weight excluding hydrogens is 1270 g/mol. The van der Waals surface area contributed by atoms with Gasteiger partial charge in [-0.15, -0.1) is 0 Å². The zero-order valence-electron chi connectivity index (χ0n) is 67.7. The van der Waals surface area contributed by atoms with E-state index in [2.05, 4.69) is 160 Å². The number of carbonyl (C=O) groups is 3. The molecule has 0 aliphatic heterocycles. The first-order chi connectivity index (χ1) is 50.6. The standard InChI is InChI=1S/C94H161NO8/c1-6-8-10-12-14-16-18-20-22-24-26-28-30-32-34-36-38-40-42-44-46-48-50-52-54-56-58-60-62-64-66-68-70-72-74-76-78-80-82-84-91(96)101-88-90(89-102-94(93(98)99)100-87-86-95(3,4)5)103-92(97)85-83-81-79-77-75-73-71-69-67-65-63-61-59-57-55-53-51-49-47-45-43-41-39-37-35-33-31-29-27-25-23-21-19-17-15-13-11-9-7-2/h8-11,14-17,20-23,26-29,32-35,38-41,90,94H,6-7,12-13,18-19,24-25,30-31,36-37,42-89H2,1-5H3/p+1/b10-8-,11-9-,16-14-,17-15-,22-20-,23-21-,28-26-,29-27-,34-32-,35-33-,40-38-,41-39-. The molecule has 0 saturated carbocycles. The largest absolute Gasteiger partial charge is 0.477 e. The highest BCUT2D eigenvalue weighted by molar-refractivity contribution is 5.71. The van der Waals surface area contributed by atoms with Crippen molar-refractivity contribution >= 4 is 17.9 Å². The fraction of sp³-hybridized carbons (Fsp3) is 0.713. The van der Waals surface area contributed by atoms with Crippen LogP contribution in [0, 0.1) is 0 Å². The van der Waals surface area contributed by atoms with E-state index in [1.165, 1.54) is 231 Å². The molecule has 9 heteroatoms. The van der Waals surface area contributed by atoms with Crippen LogP contribution >= 0.6 is 0 Å². The Morgan fingerprint density at radius 2 is 0.524 bits per heavy atom. The maximum absolute atomic E-state index is 13.0. The van der Waals surface area contributed by atoms with Gasteiger partial charge < -0.3 is 28.5 Å². The molecule has 9 nitrogen and oxygen atoms in total. The van der Waals surface area contributed by atoms with E-state index < -0.39 is 18.4 Å². The minimum absolute atomic E-state index is 0.182. The van der Waals surface area contributed by atoms with Crippen molar-refractivity contribution in [2.24, 2.45) is 0 Å². The van der Waals surface area contributed by atoms with E-state index in [0.29, 0.717) is 17.4 Å². The Balaban J connectivity index is 3.97. The first-order valence-corrected chi connectivity index (χ1v) is 43.0. The van der Waals surface area contributed by atoms with Crippen LogP contribution in [0.1, 0.15) is 373 Å². The smallest absolute Gasteiger partial charge is 0.361 e. The highest BCUT2D eigenvalue weighted by Crippen LogP contribution is 2.19. The van der Waals surface area contributed by atoms with Crippen LogP contribution in [0.2, 0.25) is 0 Å². The Morgan fingerprint density at radius 3 is 0.777 bits per heavy atom. The van der Waals surface area contributed by atoms with Gasteiger partial charge in [-0.1, -0.05) is 391 Å². The summed E-state index contributed by atoms with van der Waals surface area (Å²) in [6, 6.07) is 0. The van der Waals surface area contributed by atoms with E-state index in [4.69, 9.17) is 18.9 Å². The summed E-state index contributed by atoms with van der Waals surface area (Å²) in [6.45, 7) is 4.69. The summed E-state index contributed by atoms with van der Waals surface area (Å²) in [7, 11) is 5.99. The predicted octanol–water partition coefficient (Wildman–Crippen LogP) is 28.2. The van der Waals surface area contributed by atoms with Gasteiger partial charge in [-0.25, -0.2) is 4.79 Å². The minimum atomic E-state index is -1.52. The number of nitrogens with zero attached hydrogens (tertiary/aromatic N) is 1. The van der Waals surface area contributed by atoms with Crippen LogP contribution in [0.3, 0.4) is 0 Å². The number of carbonyl (C=O) groups excluding carboxylic acids is 2. The van der Waals surface area contributed by atoms with Crippen molar-refractivity contribution in [2.45, 2.75) is 386 Å². The number of unbranched alkanes of at least 4 members (excludes halogenated alkanes) is 40. The molecule has 1 N–H and O–H groups in total. The van der Waals surface area contributed by atoms with E-state index >= 15 is 0 Å².